The Balaban J connectivity index is 1.64. The minimum atomic E-state index is -3.63. The smallest absolute Gasteiger partial charge is 0.338 e. The van der Waals surface area contributed by atoms with Crippen molar-refractivity contribution in [3.63, 3.8) is 0 Å². The summed E-state index contributed by atoms with van der Waals surface area (Å²) in [5.41, 5.74) is 2.72. The van der Waals surface area contributed by atoms with Crippen molar-refractivity contribution >= 4 is 27.6 Å². The summed E-state index contributed by atoms with van der Waals surface area (Å²) in [5, 5.41) is 2.71. The van der Waals surface area contributed by atoms with Crippen LogP contribution in [0.1, 0.15) is 34.3 Å². The lowest BCUT2D eigenvalue weighted by molar-refractivity contribution is -0.119. The second-order valence-electron chi connectivity index (χ2n) is 7.01. The van der Waals surface area contributed by atoms with Crippen LogP contribution in [0.2, 0.25) is 0 Å². The topological polar surface area (TPSA) is 92.8 Å². The Morgan fingerprint density at radius 3 is 2.48 bits per heavy atom. The van der Waals surface area contributed by atoms with Crippen molar-refractivity contribution in [3.05, 3.63) is 59.2 Å². The highest BCUT2D eigenvalue weighted by Crippen LogP contribution is 2.22. The molecular formula is C21H24N2O5S. The summed E-state index contributed by atoms with van der Waals surface area (Å²) in [5.74, 6) is -1.22. The van der Waals surface area contributed by atoms with Gasteiger partial charge < -0.3 is 10.1 Å². The molecule has 2 aromatic rings. The fourth-order valence-electron chi connectivity index (χ4n) is 3.15. The van der Waals surface area contributed by atoms with Crippen molar-refractivity contribution in [1.29, 1.82) is 0 Å². The molecule has 0 aliphatic carbocycles. The number of sulfonamides is 1. The lowest BCUT2D eigenvalue weighted by Crippen LogP contribution is -2.28. The van der Waals surface area contributed by atoms with Gasteiger partial charge in [0.15, 0.2) is 6.61 Å². The first-order valence-electron chi connectivity index (χ1n) is 9.42. The zero-order valence-corrected chi connectivity index (χ0v) is 17.3. The number of carbonyl (C=O) groups is 2. The standard InChI is InChI=1S/C21H24N2O5S/c1-15-7-5-10-19(16(15)2)22-20(24)14-28-21(25)17-8-6-9-18(13-17)29(26,27)23-11-3-4-12-23/h5-10,13H,3-4,11-12,14H2,1-2H3,(H,22,24). The molecule has 1 heterocycles. The van der Waals surface area contributed by atoms with Crippen LogP contribution in [0.15, 0.2) is 47.4 Å². The van der Waals surface area contributed by atoms with E-state index in [1.807, 2.05) is 26.0 Å². The molecule has 1 aliphatic heterocycles. The second-order valence-corrected chi connectivity index (χ2v) is 8.95. The highest BCUT2D eigenvalue weighted by molar-refractivity contribution is 7.89. The van der Waals surface area contributed by atoms with E-state index in [9.17, 15) is 18.0 Å². The average Bonchev–Trinajstić information content (AvgIpc) is 3.25. The maximum absolute atomic E-state index is 12.6. The number of rotatable bonds is 6. The molecule has 154 valence electrons. The molecule has 1 amide bonds. The molecule has 0 bridgehead atoms. The number of anilines is 1. The minimum absolute atomic E-state index is 0.0497. The van der Waals surface area contributed by atoms with E-state index < -0.39 is 28.5 Å². The van der Waals surface area contributed by atoms with Gasteiger partial charge in [0.05, 0.1) is 10.5 Å². The largest absolute Gasteiger partial charge is 0.452 e. The molecule has 8 heteroatoms. The van der Waals surface area contributed by atoms with Crippen LogP contribution in [-0.2, 0) is 19.6 Å². The summed E-state index contributed by atoms with van der Waals surface area (Å²) in [4.78, 5) is 24.5. The number of nitrogens with zero attached hydrogens (tertiary/aromatic N) is 1. The Labute approximate surface area is 170 Å². The van der Waals surface area contributed by atoms with Gasteiger partial charge in [-0.15, -0.1) is 0 Å². The molecule has 0 saturated carbocycles. The summed E-state index contributed by atoms with van der Waals surface area (Å²) in [6, 6.07) is 11.2. The Morgan fingerprint density at radius 2 is 1.76 bits per heavy atom. The normalized spacial score (nSPS) is 14.6. The maximum atomic E-state index is 12.6. The summed E-state index contributed by atoms with van der Waals surface area (Å²) in [6.45, 7) is 4.33. The lowest BCUT2D eigenvalue weighted by Gasteiger charge is -2.16. The van der Waals surface area contributed by atoms with Crippen molar-refractivity contribution < 1.29 is 22.7 Å². The minimum Gasteiger partial charge on any atom is -0.452 e. The molecule has 0 spiro atoms. The van der Waals surface area contributed by atoms with Crippen LogP contribution in [0, 0.1) is 13.8 Å². The zero-order chi connectivity index (χ0) is 21.0. The number of aryl methyl sites for hydroxylation is 1. The van der Waals surface area contributed by atoms with Crippen molar-refractivity contribution in [1.82, 2.24) is 4.31 Å². The highest BCUT2D eigenvalue weighted by Gasteiger charge is 2.27. The SMILES string of the molecule is Cc1cccc(NC(=O)COC(=O)c2cccc(S(=O)(=O)N3CCCC3)c2)c1C. The highest BCUT2D eigenvalue weighted by atomic mass is 32.2. The average molecular weight is 416 g/mol. The zero-order valence-electron chi connectivity index (χ0n) is 16.5. The van der Waals surface area contributed by atoms with Gasteiger partial charge >= 0.3 is 5.97 Å². The third kappa shape index (κ3) is 4.83. The van der Waals surface area contributed by atoms with Crippen LogP contribution in [0.3, 0.4) is 0 Å². The molecule has 29 heavy (non-hydrogen) atoms. The summed E-state index contributed by atoms with van der Waals surface area (Å²) >= 11 is 0. The van der Waals surface area contributed by atoms with Gasteiger partial charge in [-0.2, -0.15) is 4.31 Å². The van der Waals surface area contributed by atoms with Gasteiger partial charge in [-0.3, -0.25) is 4.79 Å². The van der Waals surface area contributed by atoms with Crippen LogP contribution in [-0.4, -0.2) is 44.3 Å². The molecule has 3 rings (SSSR count). The summed E-state index contributed by atoms with van der Waals surface area (Å²) in [7, 11) is -3.63. The Bertz CT molecular complexity index is 1030. The predicted octanol–water partition coefficient (Wildman–Crippen LogP) is 2.88. The van der Waals surface area contributed by atoms with E-state index >= 15 is 0 Å². The number of carbonyl (C=O) groups excluding carboxylic acids is 2. The number of esters is 1. The third-order valence-corrected chi connectivity index (χ3v) is 6.88. The van der Waals surface area contributed by atoms with Gasteiger partial charge in [0, 0.05) is 18.8 Å². The molecular weight excluding hydrogens is 392 g/mol. The number of hydrogen-bond acceptors (Lipinski definition) is 5. The quantitative estimate of drug-likeness (QED) is 0.731. The predicted molar refractivity (Wildman–Crippen MR) is 109 cm³/mol. The van der Waals surface area contributed by atoms with Crippen LogP contribution in [0.4, 0.5) is 5.69 Å². The van der Waals surface area contributed by atoms with Gasteiger partial charge in [-0.05, 0) is 62.1 Å². The third-order valence-electron chi connectivity index (χ3n) is 4.99. The monoisotopic (exact) mass is 416 g/mol. The van der Waals surface area contributed by atoms with Crippen LogP contribution in [0.5, 0.6) is 0 Å². The second kappa shape index (κ2) is 8.75. The number of nitrogens with one attached hydrogen (secondary N) is 1. The van der Waals surface area contributed by atoms with Gasteiger partial charge in [0.1, 0.15) is 0 Å². The molecule has 1 fully saturated rings. The van der Waals surface area contributed by atoms with E-state index in [-0.39, 0.29) is 10.5 Å². The molecule has 1 saturated heterocycles. The van der Waals surface area contributed by atoms with Crippen LogP contribution in [0.25, 0.3) is 0 Å². The summed E-state index contributed by atoms with van der Waals surface area (Å²) in [6.07, 6.45) is 1.66. The first-order chi connectivity index (χ1) is 13.8. The molecule has 0 radical (unpaired) electrons. The van der Waals surface area contributed by atoms with Crippen LogP contribution >= 0.6 is 0 Å². The van der Waals surface area contributed by atoms with E-state index in [0.717, 1.165) is 24.0 Å². The van der Waals surface area contributed by atoms with Crippen molar-refractivity contribution in [2.24, 2.45) is 0 Å². The maximum Gasteiger partial charge on any atom is 0.338 e. The molecule has 7 nitrogen and oxygen atoms in total. The van der Waals surface area contributed by atoms with E-state index in [1.54, 1.807) is 6.07 Å². The molecule has 1 N–H and O–H groups in total. The molecule has 0 aromatic heterocycles. The first kappa shape index (κ1) is 21.0. The Morgan fingerprint density at radius 1 is 1.07 bits per heavy atom. The number of hydrogen-bond donors (Lipinski definition) is 1. The van der Waals surface area contributed by atoms with Crippen molar-refractivity contribution in [2.45, 2.75) is 31.6 Å². The van der Waals surface area contributed by atoms with Crippen molar-refractivity contribution in [3.8, 4) is 0 Å². The van der Waals surface area contributed by atoms with E-state index in [4.69, 9.17) is 4.74 Å². The number of ether oxygens (including phenoxy) is 1. The van der Waals surface area contributed by atoms with E-state index in [2.05, 4.69) is 5.32 Å². The molecule has 2 aromatic carbocycles. The fraction of sp³-hybridized carbons (Fsp3) is 0.333. The molecule has 0 atom stereocenters. The van der Waals surface area contributed by atoms with Gasteiger partial charge in [0.2, 0.25) is 10.0 Å². The Kier molecular flexibility index (Phi) is 6.34. The van der Waals surface area contributed by atoms with Gasteiger partial charge in [-0.1, -0.05) is 18.2 Å². The van der Waals surface area contributed by atoms with E-state index in [0.29, 0.717) is 18.8 Å². The summed E-state index contributed by atoms with van der Waals surface area (Å²) < 4.78 is 31.8. The molecule has 0 unspecified atom stereocenters. The van der Waals surface area contributed by atoms with Gasteiger partial charge in [0.25, 0.3) is 5.91 Å². The fourth-order valence-corrected chi connectivity index (χ4v) is 4.71. The van der Waals surface area contributed by atoms with Crippen LogP contribution < -0.4 is 5.32 Å². The molecule has 1 aliphatic rings. The Hall–Kier alpha value is -2.71. The van der Waals surface area contributed by atoms with Crippen molar-refractivity contribution in [2.75, 3.05) is 25.0 Å². The number of benzene rings is 2. The van der Waals surface area contributed by atoms with E-state index in [1.165, 1.54) is 28.6 Å². The lowest BCUT2D eigenvalue weighted by atomic mass is 10.1. The van der Waals surface area contributed by atoms with Gasteiger partial charge in [-0.25, -0.2) is 13.2 Å². The number of amides is 1. The first-order valence-corrected chi connectivity index (χ1v) is 10.9.